The van der Waals surface area contributed by atoms with Gasteiger partial charge in [0, 0.05) is 19.8 Å². The normalized spacial score (nSPS) is 11.5. The van der Waals surface area contributed by atoms with E-state index in [1.807, 2.05) is 19.1 Å². The first-order valence-corrected chi connectivity index (χ1v) is 10.5. The molecule has 0 bridgehead atoms. The quantitative estimate of drug-likeness (QED) is 0.427. The van der Waals surface area contributed by atoms with Crippen molar-refractivity contribution in [2.45, 2.75) is 26.7 Å². The number of pyridine rings is 1. The lowest BCUT2D eigenvalue weighted by atomic mass is 10.1. The molecule has 31 heavy (non-hydrogen) atoms. The van der Waals surface area contributed by atoms with Crippen molar-refractivity contribution in [2.75, 3.05) is 32.0 Å². The summed E-state index contributed by atoms with van der Waals surface area (Å²) in [5.74, 6) is -0.733. The van der Waals surface area contributed by atoms with Gasteiger partial charge in [0.2, 0.25) is 0 Å². The number of nitrogens with one attached hydrogen (secondary N) is 2. The highest BCUT2D eigenvalue weighted by Gasteiger charge is 2.19. The minimum Gasteiger partial charge on any atom is -0.351 e. The zero-order valence-corrected chi connectivity index (χ0v) is 18.8. The predicted octanol–water partition coefficient (Wildman–Crippen LogP) is 3.12. The van der Waals surface area contributed by atoms with E-state index >= 15 is 0 Å². The van der Waals surface area contributed by atoms with Crippen molar-refractivity contribution in [2.24, 2.45) is 7.05 Å². The Kier molecular flexibility index (Phi) is 9.14. The summed E-state index contributed by atoms with van der Waals surface area (Å²) < 4.78 is 1.50. The first-order chi connectivity index (χ1) is 14.9. The average Bonchev–Trinajstić information content (AvgIpc) is 3.12. The van der Waals surface area contributed by atoms with E-state index in [4.69, 9.17) is 0 Å². The molecule has 2 N–H and O–H groups in total. The monoisotopic (exact) mass is 424 g/mol. The van der Waals surface area contributed by atoms with E-state index in [0.717, 1.165) is 31.5 Å². The molecule has 0 aromatic carbocycles. The van der Waals surface area contributed by atoms with Crippen LogP contribution in [0.1, 0.15) is 53.4 Å². The number of amides is 2. The van der Waals surface area contributed by atoms with Crippen molar-refractivity contribution in [1.29, 1.82) is 0 Å². The highest BCUT2D eigenvalue weighted by molar-refractivity contribution is 6.07. The highest BCUT2D eigenvalue weighted by Crippen LogP contribution is 2.16. The standard InChI is InChI=1S/C23H32N6O2/c1-6-14-28(4)15-10-13-24-23(31)21-20(16-29(5)27-21)26-22(30)19-12-9-11-18(25-19)17(7-2)8-3/h7-9,11-12,16H,2,6,10,13-15H2,1,3-5H3,(H,24,31)(H,26,30)/b17-8+. The summed E-state index contributed by atoms with van der Waals surface area (Å²) >= 11 is 0. The number of rotatable bonds is 11. The lowest BCUT2D eigenvalue weighted by Crippen LogP contribution is -2.29. The zero-order valence-electron chi connectivity index (χ0n) is 18.8. The Balaban J connectivity index is 2.05. The number of nitrogens with zero attached hydrogens (tertiary/aromatic N) is 4. The van der Waals surface area contributed by atoms with Gasteiger partial charge in [0.25, 0.3) is 11.8 Å². The van der Waals surface area contributed by atoms with Crippen molar-refractivity contribution in [1.82, 2.24) is 25.0 Å². The summed E-state index contributed by atoms with van der Waals surface area (Å²) in [6.07, 6.45) is 7.10. The second kappa shape index (κ2) is 11.8. The molecule has 8 nitrogen and oxygen atoms in total. The third kappa shape index (κ3) is 6.89. The van der Waals surface area contributed by atoms with Crippen LogP contribution in [0.3, 0.4) is 0 Å². The van der Waals surface area contributed by atoms with Gasteiger partial charge in [0.05, 0.1) is 11.4 Å². The molecule has 0 aliphatic heterocycles. The topological polar surface area (TPSA) is 92.1 Å². The Hall–Kier alpha value is -3.26. The largest absolute Gasteiger partial charge is 0.351 e. The molecular formula is C23H32N6O2. The zero-order chi connectivity index (χ0) is 22.8. The molecular weight excluding hydrogens is 392 g/mol. The van der Waals surface area contributed by atoms with Crippen LogP contribution < -0.4 is 10.6 Å². The van der Waals surface area contributed by atoms with E-state index < -0.39 is 5.91 Å². The maximum atomic E-state index is 12.8. The lowest BCUT2D eigenvalue weighted by molar-refractivity contribution is 0.0947. The van der Waals surface area contributed by atoms with Crippen LogP contribution in [-0.4, -0.2) is 58.2 Å². The number of carbonyl (C=O) groups is 2. The van der Waals surface area contributed by atoms with Crippen molar-refractivity contribution < 1.29 is 9.59 Å². The fourth-order valence-electron chi connectivity index (χ4n) is 3.15. The van der Waals surface area contributed by atoms with Crippen LogP contribution in [0.2, 0.25) is 0 Å². The summed E-state index contributed by atoms with van der Waals surface area (Å²) in [6.45, 7) is 10.3. The molecule has 166 valence electrons. The molecule has 0 aliphatic carbocycles. The molecule has 2 heterocycles. The first kappa shape index (κ1) is 24.0. The molecule has 2 aromatic heterocycles. The van der Waals surface area contributed by atoms with Crippen LogP contribution in [0.4, 0.5) is 5.69 Å². The SMILES string of the molecule is C=C/C(=C\C)c1cccc(C(=O)Nc2cn(C)nc2C(=O)NCCCN(C)CCC)n1. The fourth-order valence-corrected chi connectivity index (χ4v) is 3.15. The minimum atomic E-state index is -0.412. The Labute approximate surface area is 184 Å². The first-order valence-electron chi connectivity index (χ1n) is 10.5. The number of carbonyl (C=O) groups excluding carboxylic acids is 2. The van der Waals surface area contributed by atoms with Gasteiger partial charge >= 0.3 is 0 Å². The van der Waals surface area contributed by atoms with E-state index in [0.29, 0.717) is 17.9 Å². The Morgan fingerprint density at radius 3 is 2.65 bits per heavy atom. The van der Waals surface area contributed by atoms with Crippen LogP contribution in [-0.2, 0) is 7.05 Å². The second-order valence-corrected chi connectivity index (χ2v) is 7.29. The molecule has 0 saturated heterocycles. The van der Waals surface area contributed by atoms with E-state index in [-0.39, 0.29) is 17.3 Å². The molecule has 0 saturated carbocycles. The van der Waals surface area contributed by atoms with Gasteiger partial charge in [-0.2, -0.15) is 5.10 Å². The van der Waals surface area contributed by atoms with Gasteiger partial charge in [-0.1, -0.05) is 31.7 Å². The van der Waals surface area contributed by atoms with Gasteiger partial charge in [-0.25, -0.2) is 4.98 Å². The molecule has 0 atom stereocenters. The third-order valence-electron chi connectivity index (χ3n) is 4.71. The van der Waals surface area contributed by atoms with Gasteiger partial charge in [-0.3, -0.25) is 14.3 Å². The van der Waals surface area contributed by atoms with Gasteiger partial charge in [0.1, 0.15) is 5.69 Å². The second-order valence-electron chi connectivity index (χ2n) is 7.29. The summed E-state index contributed by atoms with van der Waals surface area (Å²) in [4.78, 5) is 32.0. The van der Waals surface area contributed by atoms with Crippen molar-refractivity contribution >= 4 is 23.1 Å². The van der Waals surface area contributed by atoms with Gasteiger partial charge in [-0.05, 0) is 57.6 Å². The molecule has 2 aromatic rings. The maximum Gasteiger partial charge on any atom is 0.274 e. The van der Waals surface area contributed by atoms with Gasteiger partial charge in [0.15, 0.2) is 5.69 Å². The molecule has 0 radical (unpaired) electrons. The minimum absolute atomic E-state index is 0.175. The van der Waals surface area contributed by atoms with Gasteiger partial charge in [-0.15, -0.1) is 0 Å². The van der Waals surface area contributed by atoms with Crippen LogP contribution >= 0.6 is 0 Å². The number of anilines is 1. The number of hydrogen-bond donors (Lipinski definition) is 2. The molecule has 2 rings (SSSR count). The number of hydrogen-bond acceptors (Lipinski definition) is 5. The Morgan fingerprint density at radius 1 is 1.23 bits per heavy atom. The summed E-state index contributed by atoms with van der Waals surface area (Å²) in [5, 5.41) is 9.84. The molecule has 0 unspecified atom stereocenters. The molecule has 8 heteroatoms. The Morgan fingerprint density at radius 2 is 1.97 bits per heavy atom. The van der Waals surface area contributed by atoms with Crippen LogP contribution in [0.15, 0.2) is 43.1 Å². The summed E-state index contributed by atoms with van der Waals surface area (Å²) in [6, 6.07) is 5.20. The van der Waals surface area contributed by atoms with Gasteiger partial charge < -0.3 is 15.5 Å². The van der Waals surface area contributed by atoms with Crippen LogP contribution in [0.5, 0.6) is 0 Å². The van der Waals surface area contributed by atoms with Crippen molar-refractivity contribution in [3.05, 3.63) is 60.2 Å². The number of allylic oxidation sites excluding steroid dienone is 3. The lowest BCUT2D eigenvalue weighted by Gasteiger charge is -2.15. The van der Waals surface area contributed by atoms with E-state index in [1.54, 1.807) is 31.5 Å². The van der Waals surface area contributed by atoms with Crippen molar-refractivity contribution in [3.8, 4) is 0 Å². The summed E-state index contributed by atoms with van der Waals surface area (Å²) in [5.41, 5.74) is 2.25. The van der Waals surface area contributed by atoms with Crippen molar-refractivity contribution in [3.63, 3.8) is 0 Å². The maximum absolute atomic E-state index is 12.8. The molecule has 2 amide bonds. The van der Waals surface area contributed by atoms with E-state index in [9.17, 15) is 9.59 Å². The fraction of sp³-hybridized carbons (Fsp3) is 0.391. The molecule has 0 spiro atoms. The van der Waals surface area contributed by atoms with Crippen LogP contribution in [0, 0.1) is 0 Å². The number of aryl methyl sites for hydroxylation is 1. The predicted molar refractivity (Wildman–Crippen MR) is 124 cm³/mol. The smallest absolute Gasteiger partial charge is 0.274 e. The molecule has 0 fully saturated rings. The highest BCUT2D eigenvalue weighted by atomic mass is 16.2. The third-order valence-corrected chi connectivity index (χ3v) is 4.71. The van der Waals surface area contributed by atoms with E-state index in [1.165, 1.54) is 4.68 Å². The summed E-state index contributed by atoms with van der Waals surface area (Å²) in [7, 11) is 3.77. The Bertz CT molecular complexity index is 947. The van der Waals surface area contributed by atoms with Crippen LogP contribution in [0.25, 0.3) is 5.57 Å². The molecule has 0 aliphatic rings. The number of aromatic nitrogens is 3. The average molecular weight is 425 g/mol. The van der Waals surface area contributed by atoms with E-state index in [2.05, 4.69) is 46.2 Å².